The summed E-state index contributed by atoms with van der Waals surface area (Å²) in [6.07, 6.45) is 1.72. The quantitative estimate of drug-likeness (QED) is 0.833. The van der Waals surface area contributed by atoms with Crippen LogP contribution in [0.4, 0.5) is 10.5 Å². The largest absolute Gasteiger partial charge is 0.366 e. The third-order valence-corrected chi connectivity index (χ3v) is 4.51. The molecule has 23 heavy (non-hydrogen) atoms. The van der Waals surface area contributed by atoms with Crippen molar-refractivity contribution in [2.75, 3.05) is 12.0 Å². The number of amides is 2. The van der Waals surface area contributed by atoms with Crippen molar-refractivity contribution in [2.45, 2.75) is 0 Å². The summed E-state index contributed by atoms with van der Waals surface area (Å²) in [4.78, 5) is 26.0. The minimum Gasteiger partial charge on any atom is -0.366 e. The summed E-state index contributed by atoms with van der Waals surface area (Å²) in [7, 11) is 0. The normalized spacial score (nSPS) is 16.2. The van der Waals surface area contributed by atoms with E-state index in [1.54, 1.807) is 18.2 Å². The fourth-order valence-electron chi connectivity index (χ4n) is 2.11. The van der Waals surface area contributed by atoms with Gasteiger partial charge in [0.1, 0.15) is 0 Å². The van der Waals surface area contributed by atoms with Crippen molar-refractivity contribution in [1.82, 2.24) is 4.90 Å². The number of para-hydroxylation sites is 1. The average molecular weight is 345 g/mol. The van der Waals surface area contributed by atoms with Gasteiger partial charge in [-0.2, -0.15) is 0 Å². The van der Waals surface area contributed by atoms with Crippen molar-refractivity contribution >= 4 is 46.3 Å². The molecule has 0 unspecified atom stereocenters. The highest BCUT2D eigenvalue weighted by atomic mass is 35.5. The lowest BCUT2D eigenvalue weighted by Gasteiger charge is -2.15. The second-order valence-corrected chi connectivity index (χ2v) is 6.24. The number of halogens is 1. The first-order valence-electron chi connectivity index (χ1n) is 6.94. The molecule has 2 amide bonds. The number of hydrogen-bond acceptors (Lipinski definition) is 4. The van der Waals surface area contributed by atoms with Gasteiger partial charge in [-0.1, -0.05) is 54.1 Å². The van der Waals surface area contributed by atoms with E-state index in [2.05, 4.69) is 5.32 Å². The van der Waals surface area contributed by atoms with Crippen LogP contribution in [0.1, 0.15) is 5.56 Å². The van der Waals surface area contributed by atoms with Crippen LogP contribution in [0.25, 0.3) is 6.08 Å². The molecule has 2 aromatic carbocycles. The standard InChI is InChI=1S/C17H13ClN2O2S/c18-13-8-4-5-9-14(13)19-11-20-16(21)15(23-17(20)22)10-12-6-2-1-3-7-12/h1-10,19H,11H2. The van der Waals surface area contributed by atoms with Crippen molar-refractivity contribution in [3.8, 4) is 0 Å². The van der Waals surface area contributed by atoms with Gasteiger partial charge in [0.15, 0.2) is 0 Å². The van der Waals surface area contributed by atoms with Crippen LogP contribution in [0.2, 0.25) is 5.02 Å². The molecule has 0 aromatic heterocycles. The number of imide groups is 1. The van der Waals surface area contributed by atoms with Crippen molar-refractivity contribution in [3.63, 3.8) is 0 Å². The second kappa shape index (κ2) is 6.89. The van der Waals surface area contributed by atoms with Crippen LogP contribution in [-0.2, 0) is 4.79 Å². The zero-order valence-corrected chi connectivity index (χ0v) is 13.6. The second-order valence-electron chi connectivity index (χ2n) is 4.84. The number of carbonyl (C=O) groups excluding carboxylic acids is 2. The van der Waals surface area contributed by atoms with E-state index in [1.807, 2.05) is 42.5 Å². The molecule has 4 nitrogen and oxygen atoms in total. The minimum absolute atomic E-state index is 0.0839. The number of hydrogen-bond donors (Lipinski definition) is 1. The van der Waals surface area contributed by atoms with Crippen LogP contribution in [-0.4, -0.2) is 22.7 Å². The molecule has 0 atom stereocenters. The van der Waals surface area contributed by atoms with Gasteiger partial charge in [-0.3, -0.25) is 14.5 Å². The molecule has 3 rings (SSSR count). The Bertz CT molecular complexity index is 777. The Balaban J connectivity index is 1.72. The predicted octanol–water partition coefficient (Wildman–Crippen LogP) is 4.45. The van der Waals surface area contributed by atoms with E-state index in [-0.39, 0.29) is 17.8 Å². The number of nitrogens with one attached hydrogen (secondary N) is 1. The molecule has 0 aliphatic carbocycles. The summed E-state index contributed by atoms with van der Waals surface area (Å²) in [5, 5.41) is 3.26. The van der Waals surface area contributed by atoms with Gasteiger partial charge in [-0.25, -0.2) is 0 Å². The molecule has 1 aliphatic rings. The van der Waals surface area contributed by atoms with Crippen LogP contribution >= 0.6 is 23.4 Å². The molecular weight excluding hydrogens is 332 g/mol. The minimum atomic E-state index is -0.302. The van der Waals surface area contributed by atoms with Crippen LogP contribution in [0.3, 0.4) is 0 Å². The van der Waals surface area contributed by atoms with Gasteiger partial charge in [-0.05, 0) is 35.5 Å². The molecule has 1 fully saturated rings. The zero-order chi connectivity index (χ0) is 16.2. The predicted molar refractivity (Wildman–Crippen MR) is 94.2 cm³/mol. The van der Waals surface area contributed by atoms with Crippen molar-refractivity contribution in [3.05, 3.63) is 70.1 Å². The van der Waals surface area contributed by atoms with Gasteiger partial charge in [-0.15, -0.1) is 0 Å². The Morgan fingerprint density at radius 1 is 1.04 bits per heavy atom. The number of nitrogens with zero attached hydrogens (tertiary/aromatic N) is 1. The SMILES string of the molecule is O=C1SC(=Cc2ccccc2)C(=O)N1CNc1ccccc1Cl. The molecule has 0 bridgehead atoms. The lowest BCUT2D eigenvalue weighted by Crippen LogP contribution is -2.33. The summed E-state index contributed by atoms with van der Waals surface area (Å²) < 4.78 is 0. The van der Waals surface area contributed by atoms with E-state index < -0.39 is 0 Å². The van der Waals surface area contributed by atoms with Crippen LogP contribution in [0, 0.1) is 0 Å². The van der Waals surface area contributed by atoms with E-state index in [9.17, 15) is 9.59 Å². The molecule has 0 radical (unpaired) electrons. The van der Waals surface area contributed by atoms with E-state index in [4.69, 9.17) is 11.6 Å². The van der Waals surface area contributed by atoms with Crippen molar-refractivity contribution < 1.29 is 9.59 Å². The molecule has 2 aromatic rings. The Labute approximate surface area is 143 Å². The highest BCUT2D eigenvalue weighted by Crippen LogP contribution is 2.32. The summed E-state index contributed by atoms with van der Waals surface area (Å²) >= 11 is 6.99. The Morgan fingerprint density at radius 3 is 2.48 bits per heavy atom. The molecule has 1 aliphatic heterocycles. The van der Waals surface area contributed by atoms with Crippen LogP contribution in [0.15, 0.2) is 59.5 Å². The first kappa shape index (κ1) is 15.6. The van der Waals surface area contributed by atoms with E-state index in [0.717, 1.165) is 17.3 Å². The number of rotatable bonds is 4. The van der Waals surface area contributed by atoms with E-state index in [0.29, 0.717) is 15.6 Å². The highest BCUT2D eigenvalue weighted by Gasteiger charge is 2.34. The Hall–Kier alpha value is -2.24. The zero-order valence-electron chi connectivity index (χ0n) is 12.0. The fourth-order valence-corrected chi connectivity index (χ4v) is 3.15. The number of thioether (sulfide) groups is 1. The molecule has 116 valence electrons. The topological polar surface area (TPSA) is 49.4 Å². The third kappa shape index (κ3) is 3.57. The average Bonchev–Trinajstić information content (AvgIpc) is 2.82. The summed E-state index contributed by atoms with van der Waals surface area (Å²) in [5.74, 6) is -0.302. The molecule has 1 heterocycles. The van der Waals surface area contributed by atoms with E-state index in [1.165, 1.54) is 4.90 Å². The summed E-state index contributed by atoms with van der Waals surface area (Å²) in [6, 6.07) is 16.6. The van der Waals surface area contributed by atoms with E-state index >= 15 is 0 Å². The van der Waals surface area contributed by atoms with Gasteiger partial charge in [0.25, 0.3) is 11.1 Å². The number of carbonyl (C=O) groups is 2. The third-order valence-electron chi connectivity index (χ3n) is 3.27. The lowest BCUT2D eigenvalue weighted by molar-refractivity contribution is -0.122. The maximum atomic E-state index is 12.4. The van der Waals surface area contributed by atoms with Crippen LogP contribution in [0.5, 0.6) is 0 Å². The van der Waals surface area contributed by atoms with Crippen LogP contribution < -0.4 is 5.32 Å². The molecular formula is C17H13ClN2O2S. The van der Waals surface area contributed by atoms with Gasteiger partial charge >= 0.3 is 0 Å². The maximum Gasteiger partial charge on any atom is 0.295 e. The lowest BCUT2D eigenvalue weighted by atomic mass is 10.2. The molecule has 1 saturated heterocycles. The summed E-state index contributed by atoms with van der Waals surface area (Å²) in [5.41, 5.74) is 1.57. The van der Waals surface area contributed by atoms with Gasteiger partial charge in [0.2, 0.25) is 0 Å². The molecule has 0 saturated carbocycles. The maximum absolute atomic E-state index is 12.4. The van der Waals surface area contributed by atoms with Crippen molar-refractivity contribution in [1.29, 1.82) is 0 Å². The molecule has 6 heteroatoms. The fraction of sp³-hybridized carbons (Fsp3) is 0.0588. The number of benzene rings is 2. The number of anilines is 1. The molecule has 1 N–H and O–H groups in total. The smallest absolute Gasteiger partial charge is 0.295 e. The van der Waals surface area contributed by atoms with Gasteiger partial charge < -0.3 is 5.32 Å². The monoisotopic (exact) mass is 344 g/mol. The van der Waals surface area contributed by atoms with Gasteiger partial charge in [0.05, 0.1) is 22.3 Å². The first-order chi connectivity index (χ1) is 11.1. The van der Waals surface area contributed by atoms with Gasteiger partial charge in [0, 0.05) is 0 Å². The summed E-state index contributed by atoms with van der Waals surface area (Å²) in [6.45, 7) is 0.0839. The highest BCUT2D eigenvalue weighted by molar-refractivity contribution is 8.18. The first-order valence-corrected chi connectivity index (χ1v) is 8.13. The molecule has 0 spiro atoms. The van der Waals surface area contributed by atoms with Crippen molar-refractivity contribution in [2.24, 2.45) is 0 Å². The Kier molecular flexibility index (Phi) is 4.69. The Morgan fingerprint density at radius 2 is 1.74 bits per heavy atom.